The number of alkyl halides is 3. The molecule has 88 valence electrons. The maximum atomic E-state index is 12.6. The van der Waals surface area contributed by atoms with Crippen molar-refractivity contribution in [2.24, 2.45) is 16.0 Å². The predicted molar refractivity (Wildman–Crippen MR) is 54.2 cm³/mol. The first-order valence-corrected chi connectivity index (χ1v) is 4.30. The van der Waals surface area contributed by atoms with Crippen molar-refractivity contribution in [1.29, 1.82) is 0 Å². The third-order valence-electron chi connectivity index (χ3n) is 2.26. The van der Waals surface area contributed by atoms with Gasteiger partial charge in [0.2, 0.25) is 0 Å². The van der Waals surface area contributed by atoms with E-state index in [0.717, 1.165) is 0 Å². The summed E-state index contributed by atoms with van der Waals surface area (Å²) < 4.78 is 37.8. The fourth-order valence-corrected chi connectivity index (χ4v) is 1.36. The van der Waals surface area contributed by atoms with E-state index < -0.39 is 11.8 Å². The van der Waals surface area contributed by atoms with Crippen molar-refractivity contribution in [1.82, 2.24) is 0 Å². The van der Waals surface area contributed by atoms with Gasteiger partial charge in [0, 0.05) is 12.1 Å². The number of hydrogen-bond donors (Lipinski definition) is 1. The summed E-state index contributed by atoms with van der Waals surface area (Å²) >= 11 is 0. The molecule has 7 heteroatoms. The maximum absolute atomic E-state index is 12.6. The van der Waals surface area contributed by atoms with Gasteiger partial charge >= 0.3 is 11.8 Å². The van der Waals surface area contributed by atoms with Gasteiger partial charge in [-0.15, -0.1) is 22.6 Å². The average Bonchev–Trinajstić information content (AvgIpc) is 2.97. The van der Waals surface area contributed by atoms with Gasteiger partial charge in [0.05, 0.1) is 0 Å². The molecule has 0 aromatic heterocycles. The Kier molecular flexibility index (Phi) is 3.25. The van der Waals surface area contributed by atoms with E-state index in [1.165, 1.54) is 18.2 Å². The van der Waals surface area contributed by atoms with Gasteiger partial charge in [-0.3, -0.25) is 0 Å². The van der Waals surface area contributed by atoms with Crippen LogP contribution < -0.4 is 5.73 Å². The molecule has 0 amide bonds. The van der Waals surface area contributed by atoms with Gasteiger partial charge in [-0.1, -0.05) is 18.2 Å². The molecule has 0 spiro atoms. The Morgan fingerprint density at radius 3 is 2.31 bits per heavy atom. The summed E-state index contributed by atoms with van der Waals surface area (Å²) in [6.45, 7) is 0.196. The zero-order chi connectivity index (χ0) is 11.1. The highest BCUT2D eigenvalue weighted by atomic mass is 35.5. The fourth-order valence-electron chi connectivity index (χ4n) is 1.36. The Bertz CT molecular complexity index is 411. The lowest BCUT2D eigenvalue weighted by Crippen LogP contribution is -2.30. The molecule has 0 saturated carbocycles. The smallest absolute Gasteiger partial charge is 0.326 e. The van der Waals surface area contributed by atoms with Gasteiger partial charge in [-0.05, 0) is 11.6 Å². The molecule has 1 heterocycles. The van der Waals surface area contributed by atoms with E-state index in [-0.39, 0.29) is 24.5 Å². The third kappa shape index (κ3) is 1.90. The molecule has 0 saturated heterocycles. The van der Waals surface area contributed by atoms with Crippen LogP contribution in [0.5, 0.6) is 0 Å². The van der Waals surface area contributed by atoms with Gasteiger partial charge in [-0.2, -0.15) is 13.2 Å². The quantitative estimate of drug-likeness (QED) is 0.863. The molecule has 3 nitrogen and oxygen atoms in total. The number of nitrogens with two attached hydrogens (primary N) is 1. The SMILES string of the molecule is Cl.NCc1cccc(C2(C(F)(F)F)N=N2)c1. The molecule has 1 aromatic rings. The standard InChI is InChI=1S/C9H8F3N3.ClH/c10-9(11,12)8(14-15-8)7-3-1-2-6(4-7)5-13;/h1-4H,5,13H2;1H. The average molecular weight is 252 g/mol. The van der Waals surface area contributed by atoms with Crippen LogP contribution in [0.4, 0.5) is 13.2 Å². The van der Waals surface area contributed by atoms with Crippen molar-refractivity contribution < 1.29 is 13.2 Å². The maximum Gasteiger partial charge on any atom is 0.442 e. The summed E-state index contributed by atoms with van der Waals surface area (Å²) in [5.74, 6) is 0. The number of halogens is 4. The van der Waals surface area contributed by atoms with Crippen LogP contribution in [0, 0.1) is 0 Å². The zero-order valence-corrected chi connectivity index (χ0v) is 8.85. The minimum atomic E-state index is -4.47. The first kappa shape index (κ1) is 12.9. The molecule has 1 aromatic carbocycles. The topological polar surface area (TPSA) is 50.7 Å². The molecule has 16 heavy (non-hydrogen) atoms. The van der Waals surface area contributed by atoms with E-state index >= 15 is 0 Å². The van der Waals surface area contributed by atoms with E-state index in [4.69, 9.17) is 5.73 Å². The summed E-state index contributed by atoms with van der Waals surface area (Å²) in [6, 6.07) is 5.92. The molecule has 2 rings (SSSR count). The Hall–Kier alpha value is -1.14. The van der Waals surface area contributed by atoms with E-state index in [1.807, 2.05) is 0 Å². The highest BCUT2D eigenvalue weighted by Gasteiger charge is 2.65. The van der Waals surface area contributed by atoms with Crippen LogP contribution >= 0.6 is 12.4 Å². The highest BCUT2D eigenvalue weighted by Crippen LogP contribution is 2.52. The van der Waals surface area contributed by atoms with Gasteiger partial charge in [0.15, 0.2) is 0 Å². The number of benzene rings is 1. The molecule has 0 radical (unpaired) electrons. The van der Waals surface area contributed by atoms with Crippen molar-refractivity contribution in [3.63, 3.8) is 0 Å². The molecule has 0 fully saturated rings. The first-order valence-electron chi connectivity index (χ1n) is 4.30. The summed E-state index contributed by atoms with van der Waals surface area (Å²) in [6.07, 6.45) is -4.47. The molecule has 1 aliphatic rings. The minimum Gasteiger partial charge on any atom is -0.326 e. The normalized spacial score (nSPS) is 16.8. The second-order valence-electron chi connectivity index (χ2n) is 3.27. The van der Waals surface area contributed by atoms with Crippen LogP contribution in [0.3, 0.4) is 0 Å². The molecular formula is C9H9ClF3N3. The van der Waals surface area contributed by atoms with E-state index in [1.54, 1.807) is 6.07 Å². The van der Waals surface area contributed by atoms with Crippen molar-refractivity contribution in [3.8, 4) is 0 Å². The Morgan fingerprint density at radius 2 is 1.88 bits per heavy atom. The second kappa shape index (κ2) is 4.03. The number of rotatable bonds is 2. The lowest BCUT2D eigenvalue weighted by atomic mass is 10.0. The van der Waals surface area contributed by atoms with Crippen LogP contribution in [0.25, 0.3) is 0 Å². The molecule has 0 atom stereocenters. The van der Waals surface area contributed by atoms with Gasteiger partial charge in [0.1, 0.15) is 0 Å². The molecule has 0 unspecified atom stereocenters. The summed E-state index contributed by atoms with van der Waals surface area (Å²) in [5.41, 5.74) is 3.67. The number of hydrogen-bond acceptors (Lipinski definition) is 3. The zero-order valence-electron chi connectivity index (χ0n) is 8.03. The Balaban J connectivity index is 0.00000128. The van der Waals surface area contributed by atoms with Crippen LogP contribution in [0.15, 0.2) is 34.5 Å². The molecule has 1 aliphatic heterocycles. The second-order valence-corrected chi connectivity index (χ2v) is 3.27. The largest absolute Gasteiger partial charge is 0.442 e. The summed E-state index contributed by atoms with van der Waals surface area (Å²) in [4.78, 5) is 0. The summed E-state index contributed by atoms with van der Waals surface area (Å²) in [7, 11) is 0. The lowest BCUT2D eigenvalue weighted by Gasteiger charge is -2.15. The van der Waals surface area contributed by atoms with Crippen LogP contribution in [-0.2, 0) is 12.2 Å². The molecule has 0 aliphatic carbocycles. The van der Waals surface area contributed by atoms with Gasteiger partial charge in [0.25, 0.3) is 0 Å². The van der Waals surface area contributed by atoms with E-state index in [9.17, 15) is 13.2 Å². The lowest BCUT2D eigenvalue weighted by molar-refractivity contribution is -0.166. The van der Waals surface area contributed by atoms with Crippen molar-refractivity contribution in [2.45, 2.75) is 18.4 Å². The fraction of sp³-hybridized carbons (Fsp3) is 0.333. The Morgan fingerprint density at radius 1 is 1.25 bits per heavy atom. The predicted octanol–water partition coefficient (Wildman–Crippen LogP) is 2.75. The van der Waals surface area contributed by atoms with Crippen molar-refractivity contribution in [2.75, 3.05) is 0 Å². The highest BCUT2D eigenvalue weighted by molar-refractivity contribution is 5.85. The van der Waals surface area contributed by atoms with Gasteiger partial charge in [-0.25, -0.2) is 0 Å². The molecular weight excluding hydrogens is 243 g/mol. The van der Waals surface area contributed by atoms with Crippen molar-refractivity contribution in [3.05, 3.63) is 35.4 Å². The minimum absolute atomic E-state index is 0. The van der Waals surface area contributed by atoms with Crippen LogP contribution in [0.1, 0.15) is 11.1 Å². The van der Waals surface area contributed by atoms with E-state index in [0.29, 0.717) is 5.56 Å². The number of nitrogens with zero attached hydrogens (tertiary/aromatic N) is 2. The monoisotopic (exact) mass is 251 g/mol. The summed E-state index contributed by atoms with van der Waals surface area (Å²) in [5, 5.41) is 6.22. The van der Waals surface area contributed by atoms with Crippen LogP contribution in [-0.4, -0.2) is 6.18 Å². The van der Waals surface area contributed by atoms with Crippen molar-refractivity contribution >= 4 is 12.4 Å². The Labute approximate surface area is 96.0 Å². The third-order valence-corrected chi connectivity index (χ3v) is 2.26. The van der Waals surface area contributed by atoms with E-state index in [2.05, 4.69) is 10.2 Å². The van der Waals surface area contributed by atoms with Gasteiger partial charge < -0.3 is 5.73 Å². The molecule has 2 N–H and O–H groups in total. The first-order chi connectivity index (χ1) is 6.99. The molecule has 0 bridgehead atoms. The van der Waals surface area contributed by atoms with Crippen LogP contribution in [0.2, 0.25) is 0 Å².